The molecule has 0 spiro atoms. The topological polar surface area (TPSA) is 0 Å². The Balaban J connectivity index is 1.27. The molecule has 0 nitrogen and oxygen atoms in total. The first-order chi connectivity index (χ1) is 19.2. The molecule has 0 bridgehead atoms. The van der Waals surface area contributed by atoms with Gasteiger partial charge in [0.1, 0.15) is 5.82 Å². The summed E-state index contributed by atoms with van der Waals surface area (Å²) in [5.74, 6) is 7.87. The van der Waals surface area contributed by atoms with Crippen molar-refractivity contribution in [3.8, 4) is 11.8 Å². The largest absolute Gasteiger partial charge is 0.205 e. The maximum atomic E-state index is 15.3. The molecular formula is C38H49F. The second-order valence-corrected chi connectivity index (χ2v) is 12.0. The van der Waals surface area contributed by atoms with Crippen LogP contribution in [0, 0.1) is 29.5 Å². The van der Waals surface area contributed by atoms with E-state index in [-0.39, 0.29) is 5.82 Å². The van der Waals surface area contributed by atoms with Crippen LogP contribution in [0.15, 0.2) is 54.6 Å². The van der Waals surface area contributed by atoms with E-state index in [1.807, 2.05) is 18.2 Å². The third-order valence-electron chi connectivity index (χ3n) is 8.91. The summed E-state index contributed by atoms with van der Waals surface area (Å²) in [7, 11) is 0. The minimum Gasteiger partial charge on any atom is -0.205 e. The number of hydrogen-bond acceptors (Lipinski definition) is 0. The molecule has 3 aromatic rings. The highest BCUT2D eigenvalue weighted by Crippen LogP contribution is 2.34. The van der Waals surface area contributed by atoms with Crippen molar-refractivity contribution >= 4 is 10.8 Å². The first-order valence-corrected chi connectivity index (χ1v) is 16.0. The second kappa shape index (κ2) is 15.9. The van der Waals surface area contributed by atoms with Crippen LogP contribution in [-0.4, -0.2) is 0 Å². The Labute approximate surface area is 237 Å². The molecule has 0 saturated heterocycles. The van der Waals surface area contributed by atoms with Crippen molar-refractivity contribution in [2.75, 3.05) is 0 Å². The average molecular weight is 525 g/mol. The van der Waals surface area contributed by atoms with E-state index in [0.717, 1.165) is 35.6 Å². The molecule has 1 heteroatoms. The molecule has 3 aromatic carbocycles. The van der Waals surface area contributed by atoms with E-state index in [1.54, 1.807) is 0 Å². The van der Waals surface area contributed by atoms with Gasteiger partial charge in [0.05, 0.1) is 5.56 Å². The molecule has 1 aliphatic rings. The average Bonchev–Trinajstić information content (AvgIpc) is 2.97. The SMILES string of the molecule is CCCCCCCC1CCC(CCc2ccc3c(F)c(C#Cc4ccc(CCCCC)cc4)ccc3c2)CC1. The quantitative estimate of drug-likeness (QED) is 0.154. The molecule has 1 aliphatic carbocycles. The van der Waals surface area contributed by atoms with Gasteiger partial charge in [0.2, 0.25) is 0 Å². The van der Waals surface area contributed by atoms with Crippen LogP contribution in [0.1, 0.15) is 126 Å². The van der Waals surface area contributed by atoms with E-state index in [4.69, 9.17) is 0 Å². The predicted molar refractivity (Wildman–Crippen MR) is 167 cm³/mol. The molecule has 0 aliphatic heterocycles. The van der Waals surface area contributed by atoms with E-state index in [0.29, 0.717) is 10.9 Å². The van der Waals surface area contributed by atoms with E-state index < -0.39 is 0 Å². The lowest BCUT2D eigenvalue weighted by atomic mass is 9.77. The van der Waals surface area contributed by atoms with E-state index >= 15 is 4.39 Å². The summed E-state index contributed by atoms with van der Waals surface area (Å²) in [6.45, 7) is 4.52. The molecular weight excluding hydrogens is 475 g/mol. The fourth-order valence-corrected chi connectivity index (χ4v) is 6.28. The van der Waals surface area contributed by atoms with Gasteiger partial charge < -0.3 is 0 Å². The van der Waals surface area contributed by atoms with Crippen LogP contribution in [0.25, 0.3) is 10.8 Å². The number of aryl methyl sites for hydroxylation is 2. The zero-order valence-electron chi connectivity index (χ0n) is 24.5. The van der Waals surface area contributed by atoms with Gasteiger partial charge in [-0.1, -0.05) is 139 Å². The molecule has 1 saturated carbocycles. The summed E-state index contributed by atoms with van der Waals surface area (Å²) in [5.41, 5.74) is 4.09. The Morgan fingerprint density at radius 2 is 1.31 bits per heavy atom. The van der Waals surface area contributed by atoms with Crippen LogP contribution >= 0.6 is 0 Å². The molecule has 0 radical (unpaired) electrons. The standard InChI is InChI=1S/C38H49F/c1-3-5-7-8-10-12-31-13-17-32(18-14-31)21-22-34-24-28-37-36(29-34)27-26-35(38(37)39)25-23-33-19-15-30(16-20-33)11-9-6-4-2/h15-16,19-20,24,26-29,31-32H,3-14,17-18,21-22H2,1-2H3. The van der Waals surface area contributed by atoms with Crippen molar-refractivity contribution in [1.29, 1.82) is 0 Å². The third kappa shape index (κ3) is 9.24. The third-order valence-corrected chi connectivity index (χ3v) is 8.91. The monoisotopic (exact) mass is 524 g/mol. The molecule has 0 N–H and O–H groups in total. The Kier molecular flexibility index (Phi) is 12.0. The highest BCUT2D eigenvalue weighted by molar-refractivity contribution is 5.85. The normalized spacial score (nSPS) is 17.2. The molecule has 0 aromatic heterocycles. The number of halogens is 1. The minimum absolute atomic E-state index is 0.198. The van der Waals surface area contributed by atoms with Gasteiger partial charge in [-0.2, -0.15) is 0 Å². The van der Waals surface area contributed by atoms with Gasteiger partial charge in [-0.15, -0.1) is 0 Å². The van der Waals surface area contributed by atoms with E-state index in [1.165, 1.54) is 101 Å². The van der Waals surface area contributed by atoms with Gasteiger partial charge in [-0.25, -0.2) is 4.39 Å². The lowest BCUT2D eigenvalue weighted by molar-refractivity contribution is 0.249. The summed E-state index contributed by atoms with van der Waals surface area (Å²) in [6.07, 6.45) is 21.3. The Bertz CT molecular complexity index is 1200. The van der Waals surface area contributed by atoms with Crippen molar-refractivity contribution in [1.82, 2.24) is 0 Å². The van der Waals surface area contributed by atoms with Crippen molar-refractivity contribution < 1.29 is 4.39 Å². The zero-order chi connectivity index (χ0) is 27.3. The Hall–Kier alpha value is -2.59. The second-order valence-electron chi connectivity index (χ2n) is 12.0. The van der Waals surface area contributed by atoms with Gasteiger partial charge in [0, 0.05) is 10.9 Å². The zero-order valence-corrected chi connectivity index (χ0v) is 24.5. The van der Waals surface area contributed by atoms with Gasteiger partial charge in [-0.3, -0.25) is 0 Å². The molecule has 0 heterocycles. The van der Waals surface area contributed by atoms with Gasteiger partial charge in [-0.05, 0) is 72.2 Å². The van der Waals surface area contributed by atoms with E-state index in [2.05, 4.69) is 62.1 Å². The number of benzene rings is 3. The van der Waals surface area contributed by atoms with Crippen molar-refractivity contribution in [3.05, 3.63) is 82.7 Å². The maximum Gasteiger partial charge on any atom is 0.146 e. The fraction of sp³-hybridized carbons (Fsp3) is 0.526. The van der Waals surface area contributed by atoms with Crippen LogP contribution < -0.4 is 0 Å². The summed E-state index contributed by atoms with van der Waals surface area (Å²) in [6, 6.07) is 18.6. The predicted octanol–water partition coefficient (Wildman–Crippen LogP) is 11.2. The molecule has 0 amide bonds. The first kappa shape index (κ1) is 29.4. The van der Waals surface area contributed by atoms with Crippen molar-refractivity contribution in [3.63, 3.8) is 0 Å². The lowest BCUT2D eigenvalue weighted by Gasteiger charge is -2.28. The minimum atomic E-state index is -0.198. The van der Waals surface area contributed by atoms with Crippen LogP contribution in [0.2, 0.25) is 0 Å². The Morgan fingerprint density at radius 3 is 2.05 bits per heavy atom. The van der Waals surface area contributed by atoms with Crippen molar-refractivity contribution in [2.45, 2.75) is 117 Å². The van der Waals surface area contributed by atoms with Crippen LogP contribution in [0.3, 0.4) is 0 Å². The summed E-state index contributed by atoms with van der Waals surface area (Å²) in [5, 5.41) is 1.66. The summed E-state index contributed by atoms with van der Waals surface area (Å²) >= 11 is 0. The number of rotatable bonds is 13. The number of fused-ring (bicyclic) bond motifs is 1. The number of hydrogen-bond donors (Lipinski definition) is 0. The molecule has 1 fully saturated rings. The first-order valence-electron chi connectivity index (χ1n) is 16.0. The van der Waals surface area contributed by atoms with Gasteiger partial charge >= 0.3 is 0 Å². The summed E-state index contributed by atoms with van der Waals surface area (Å²) < 4.78 is 15.3. The molecule has 39 heavy (non-hydrogen) atoms. The highest BCUT2D eigenvalue weighted by atomic mass is 19.1. The number of unbranched alkanes of at least 4 members (excludes halogenated alkanes) is 6. The van der Waals surface area contributed by atoms with Gasteiger partial charge in [0.15, 0.2) is 0 Å². The smallest absolute Gasteiger partial charge is 0.146 e. The maximum absolute atomic E-state index is 15.3. The lowest BCUT2D eigenvalue weighted by Crippen LogP contribution is -2.15. The summed E-state index contributed by atoms with van der Waals surface area (Å²) in [4.78, 5) is 0. The molecule has 4 rings (SSSR count). The molecule has 0 unspecified atom stereocenters. The molecule has 208 valence electrons. The van der Waals surface area contributed by atoms with Crippen LogP contribution in [0.5, 0.6) is 0 Å². The highest BCUT2D eigenvalue weighted by Gasteiger charge is 2.20. The van der Waals surface area contributed by atoms with Gasteiger partial charge in [0.25, 0.3) is 0 Å². The van der Waals surface area contributed by atoms with Crippen molar-refractivity contribution in [2.24, 2.45) is 11.8 Å². The fourth-order valence-electron chi connectivity index (χ4n) is 6.28. The van der Waals surface area contributed by atoms with E-state index in [9.17, 15) is 0 Å². The molecule has 0 atom stereocenters. The van der Waals surface area contributed by atoms with Crippen LogP contribution in [0.4, 0.5) is 4.39 Å². The Morgan fingerprint density at radius 1 is 0.641 bits per heavy atom. The van der Waals surface area contributed by atoms with Crippen LogP contribution in [-0.2, 0) is 12.8 Å².